The van der Waals surface area contributed by atoms with Gasteiger partial charge in [0, 0.05) is 29.4 Å². The molecule has 0 radical (unpaired) electrons. The van der Waals surface area contributed by atoms with Crippen molar-refractivity contribution in [1.29, 1.82) is 0 Å². The van der Waals surface area contributed by atoms with E-state index in [1.165, 1.54) is 23.4 Å². The van der Waals surface area contributed by atoms with Gasteiger partial charge in [-0.05, 0) is 40.5 Å². The van der Waals surface area contributed by atoms with E-state index in [2.05, 4.69) is 50.1 Å². The predicted molar refractivity (Wildman–Crippen MR) is 142 cm³/mol. The number of allylic oxidation sites excluding steroid dienone is 2. The third kappa shape index (κ3) is 4.64. The first kappa shape index (κ1) is 24.5. The first-order valence-corrected chi connectivity index (χ1v) is 13.2. The van der Waals surface area contributed by atoms with Crippen molar-refractivity contribution in [2.24, 2.45) is 5.41 Å². The number of halogens is 1. The summed E-state index contributed by atoms with van der Waals surface area (Å²) >= 11 is 1.28. The van der Waals surface area contributed by atoms with E-state index in [1.54, 1.807) is 18.2 Å². The molecular formula is C29H30FN3O2S. The van der Waals surface area contributed by atoms with Crippen molar-refractivity contribution in [2.75, 3.05) is 5.32 Å². The minimum absolute atomic E-state index is 0.0646. The molecule has 186 valence electrons. The van der Waals surface area contributed by atoms with Gasteiger partial charge in [0.15, 0.2) is 10.9 Å². The third-order valence-electron chi connectivity index (χ3n) is 6.96. The van der Waals surface area contributed by atoms with Gasteiger partial charge in [-0.1, -0.05) is 81.9 Å². The minimum atomic E-state index is -0.483. The number of benzene rings is 2. The van der Waals surface area contributed by atoms with E-state index < -0.39 is 5.92 Å². The molecule has 36 heavy (non-hydrogen) atoms. The second kappa shape index (κ2) is 9.36. The second-order valence-electron chi connectivity index (χ2n) is 10.7. The van der Waals surface area contributed by atoms with Gasteiger partial charge in [-0.2, -0.15) is 0 Å². The first-order chi connectivity index (χ1) is 17.1. The zero-order valence-electron chi connectivity index (χ0n) is 20.9. The highest BCUT2D eigenvalue weighted by atomic mass is 32.2. The number of aromatic nitrogens is 2. The lowest BCUT2D eigenvalue weighted by Crippen LogP contribution is -2.37. The molecule has 0 saturated carbocycles. The Bertz CT molecular complexity index is 1420. The van der Waals surface area contributed by atoms with E-state index in [-0.39, 0.29) is 22.6 Å². The minimum Gasteiger partial charge on any atom is -0.343 e. The van der Waals surface area contributed by atoms with Gasteiger partial charge in [0.2, 0.25) is 0 Å². The van der Waals surface area contributed by atoms with Crippen LogP contribution >= 0.6 is 11.8 Å². The van der Waals surface area contributed by atoms with Gasteiger partial charge in [-0.25, -0.2) is 9.37 Å². The van der Waals surface area contributed by atoms with Crippen LogP contribution in [0, 0.1) is 11.2 Å². The van der Waals surface area contributed by atoms with Gasteiger partial charge in [0.25, 0.3) is 5.56 Å². The van der Waals surface area contributed by atoms with Crippen LogP contribution in [-0.2, 0) is 10.5 Å². The van der Waals surface area contributed by atoms with Gasteiger partial charge >= 0.3 is 0 Å². The lowest BCUT2D eigenvalue weighted by atomic mass is 9.69. The number of nitrogens with one attached hydrogen (secondary N) is 2. The summed E-state index contributed by atoms with van der Waals surface area (Å²) in [4.78, 5) is 34.5. The molecule has 7 heteroatoms. The lowest BCUT2D eigenvalue weighted by molar-refractivity contribution is -0.118. The zero-order valence-corrected chi connectivity index (χ0v) is 21.8. The molecule has 2 aliphatic rings. The molecule has 1 atom stereocenters. The van der Waals surface area contributed by atoms with Crippen LogP contribution in [0.15, 0.2) is 69.8 Å². The van der Waals surface area contributed by atoms with Crippen molar-refractivity contribution >= 4 is 23.4 Å². The van der Waals surface area contributed by atoms with E-state index >= 15 is 0 Å². The Morgan fingerprint density at radius 1 is 1.08 bits per heavy atom. The van der Waals surface area contributed by atoms with E-state index in [4.69, 9.17) is 4.98 Å². The van der Waals surface area contributed by atoms with E-state index in [0.717, 1.165) is 11.3 Å². The lowest BCUT2D eigenvalue weighted by Gasteiger charge is -2.38. The fraction of sp³-hybridized carbons (Fsp3) is 0.345. The molecule has 1 aromatic heterocycles. The number of rotatable bonds is 5. The number of hydrogen-bond donors (Lipinski definition) is 2. The molecule has 1 unspecified atom stereocenters. The molecule has 1 aliphatic carbocycles. The van der Waals surface area contributed by atoms with Crippen LogP contribution in [0.3, 0.4) is 0 Å². The Morgan fingerprint density at radius 2 is 1.81 bits per heavy atom. The van der Waals surface area contributed by atoms with Gasteiger partial charge in [0.05, 0.1) is 5.56 Å². The van der Waals surface area contributed by atoms with E-state index in [0.29, 0.717) is 52.2 Å². The SMILES string of the molecule is CC(C)c1ccc(C2C3=C(CC(C)(C)CC3=O)Nc3nc(SCc4ccccc4F)[nH]c(=O)c32)cc1. The van der Waals surface area contributed by atoms with Crippen LogP contribution < -0.4 is 10.9 Å². The molecule has 1 aliphatic heterocycles. The Hall–Kier alpha value is -3.19. The van der Waals surface area contributed by atoms with E-state index in [1.807, 2.05) is 12.1 Å². The third-order valence-corrected chi connectivity index (χ3v) is 7.88. The van der Waals surface area contributed by atoms with Crippen molar-refractivity contribution in [3.8, 4) is 0 Å². The van der Waals surface area contributed by atoms with Crippen molar-refractivity contribution in [3.63, 3.8) is 0 Å². The molecule has 3 aromatic rings. The van der Waals surface area contributed by atoms with Crippen LogP contribution in [0.4, 0.5) is 10.2 Å². The first-order valence-electron chi connectivity index (χ1n) is 12.3. The second-order valence-corrected chi connectivity index (χ2v) is 11.7. The molecule has 2 aromatic carbocycles. The molecule has 0 spiro atoms. The molecule has 2 N–H and O–H groups in total. The van der Waals surface area contributed by atoms with Crippen molar-refractivity contribution in [3.05, 3.63) is 98.2 Å². The van der Waals surface area contributed by atoms with Gasteiger partial charge in [-0.15, -0.1) is 0 Å². The van der Waals surface area contributed by atoms with Gasteiger partial charge < -0.3 is 10.3 Å². The summed E-state index contributed by atoms with van der Waals surface area (Å²) < 4.78 is 14.1. The predicted octanol–water partition coefficient (Wildman–Crippen LogP) is 6.53. The number of hydrogen-bond acceptors (Lipinski definition) is 5. The van der Waals surface area contributed by atoms with Crippen LogP contribution in [0.5, 0.6) is 0 Å². The maximum absolute atomic E-state index is 14.1. The summed E-state index contributed by atoms with van der Waals surface area (Å²) in [6.45, 7) is 8.44. The number of H-pyrrole nitrogens is 1. The number of carbonyl (C=O) groups excluding carboxylic acids is 1. The summed E-state index contributed by atoms with van der Waals surface area (Å²) in [5, 5.41) is 3.76. The zero-order chi connectivity index (χ0) is 25.6. The molecule has 0 saturated heterocycles. The number of fused-ring (bicyclic) bond motifs is 1. The van der Waals surface area contributed by atoms with Gasteiger partial charge in [0.1, 0.15) is 11.6 Å². The smallest absolute Gasteiger partial charge is 0.257 e. The fourth-order valence-electron chi connectivity index (χ4n) is 5.13. The summed E-state index contributed by atoms with van der Waals surface area (Å²) in [7, 11) is 0. The summed E-state index contributed by atoms with van der Waals surface area (Å²) in [5.74, 6) is 0.486. The largest absolute Gasteiger partial charge is 0.343 e. The fourth-order valence-corrected chi connectivity index (χ4v) is 5.98. The van der Waals surface area contributed by atoms with Crippen LogP contribution in [-0.4, -0.2) is 15.8 Å². The molecule has 0 bridgehead atoms. The van der Waals surface area contributed by atoms with Gasteiger partial charge in [-0.3, -0.25) is 9.59 Å². The Morgan fingerprint density at radius 3 is 2.50 bits per heavy atom. The van der Waals surface area contributed by atoms with Crippen molar-refractivity contribution in [2.45, 2.75) is 63.3 Å². The monoisotopic (exact) mass is 503 g/mol. The molecule has 5 nitrogen and oxygen atoms in total. The normalized spacial score (nSPS) is 18.6. The van der Waals surface area contributed by atoms with Crippen LogP contribution in [0.1, 0.15) is 74.6 Å². The maximum atomic E-state index is 14.1. The summed E-state index contributed by atoms with van der Waals surface area (Å²) in [5.41, 5.74) is 4.13. The Kier molecular flexibility index (Phi) is 6.37. The number of Topliss-reactive ketones (excluding diaryl/α,β-unsaturated/α-hetero) is 1. The average Bonchev–Trinajstić information content (AvgIpc) is 2.81. The quantitative estimate of drug-likeness (QED) is 0.306. The molecule has 5 rings (SSSR count). The standard InChI is InChI=1S/C29H30FN3O2S/c1-16(2)17-9-11-18(12-10-17)23-24-21(13-29(3,4)14-22(24)34)31-26-25(23)27(35)33-28(32-26)36-15-19-7-5-6-8-20(19)30/h5-12,16,23H,13-15H2,1-4H3,(H2,31,32,33,35). The number of thioether (sulfide) groups is 1. The Balaban J connectivity index is 1.58. The number of anilines is 1. The highest BCUT2D eigenvalue weighted by molar-refractivity contribution is 7.98. The topological polar surface area (TPSA) is 74.8 Å². The number of carbonyl (C=O) groups is 1. The van der Waals surface area contributed by atoms with Crippen LogP contribution in [0.25, 0.3) is 0 Å². The molecule has 2 heterocycles. The van der Waals surface area contributed by atoms with E-state index in [9.17, 15) is 14.0 Å². The number of nitrogens with zero attached hydrogens (tertiary/aromatic N) is 1. The van der Waals surface area contributed by atoms with Crippen molar-refractivity contribution < 1.29 is 9.18 Å². The van der Waals surface area contributed by atoms with Crippen molar-refractivity contribution in [1.82, 2.24) is 9.97 Å². The number of ketones is 1. The molecular weight excluding hydrogens is 473 g/mol. The highest BCUT2D eigenvalue weighted by Crippen LogP contribution is 2.47. The summed E-state index contributed by atoms with van der Waals surface area (Å²) in [6, 6.07) is 14.8. The number of aromatic amines is 1. The van der Waals surface area contributed by atoms with Crippen LogP contribution in [0.2, 0.25) is 0 Å². The Labute approximate surface area is 214 Å². The molecule has 0 amide bonds. The maximum Gasteiger partial charge on any atom is 0.257 e. The summed E-state index contributed by atoms with van der Waals surface area (Å²) in [6.07, 6.45) is 1.13. The molecule has 0 fully saturated rings. The highest BCUT2D eigenvalue weighted by Gasteiger charge is 2.42. The average molecular weight is 504 g/mol.